The zero-order valence-electron chi connectivity index (χ0n) is 59.1. The SMILES string of the molecule is CCCCOc1c2ccccc2c(OCCCC)c2ccccc12.CCCOc1c2ccccc2c(OCCC)c2ccccc12.CCc1ccc2c(OC)c3ccccc3c(OC)c2c1.O=C1O/C(=C/c2ccc(N(c3ccccc3)c3ccccc3)cc2)C(=O)N1CCc1ccccc1. The second-order valence-corrected chi connectivity index (χ2v) is 24.6. The highest BCUT2D eigenvalue weighted by Gasteiger charge is 2.36. The molecule has 1 aliphatic heterocycles. The monoisotopic (exact) mass is 1340 g/mol. The summed E-state index contributed by atoms with van der Waals surface area (Å²) in [4.78, 5) is 28.4. The molecule has 1 heterocycles. The molecule has 0 saturated carbocycles. The van der Waals surface area contributed by atoms with Crippen LogP contribution in [0.25, 0.3) is 70.7 Å². The van der Waals surface area contributed by atoms with E-state index in [1.54, 1.807) is 20.3 Å². The number of cyclic esters (lactones) is 1. The van der Waals surface area contributed by atoms with E-state index in [2.05, 4.69) is 191 Å². The van der Waals surface area contributed by atoms with Gasteiger partial charge in [-0.15, -0.1) is 0 Å². The van der Waals surface area contributed by atoms with Crippen LogP contribution in [0.15, 0.2) is 261 Å². The number of hydrogen-bond acceptors (Lipinski definition) is 10. The second kappa shape index (κ2) is 35.5. The van der Waals surface area contributed by atoms with Gasteiger partial charge in [-0.25, -0.2) is 9.69 Å². The van der Waals surface area contributed by atoms with Gasteiger partial charge in [0.1, 0.15) is 34.5 Å². The molecule has 0 unspecified atom stereocenters. The maximum atomic E-state index is 12.8. The standard InChI is InChI=1S/C30H24N2O3.C22H26O2.C20H22O2.C18H18O2/c33-29-28(35-30(34)31(29)21-20-23-10-4-1-5-11-23)22-24-16-18-27(19-17-24)32(25-12-6-2-7-13-25)26-14-8-3-9-15-26;1-3-5-15-23-21-17-11-7-9-13-19(17)22(24-16-6-4-2)20-14-10-8-12-18(20)21;1-3-13-21-19-15-9-5-7-11-17(15)20(22-14-4-2)18-12-8-6-10-16(18)19;1-4-12-9-10-15-16(11-12)18(20-3)14-8-6-5-7-13(14)17(15)19-2/h1-19,22H,20-21H2;7-14H,3-6,15-16H2,1-2H3;5-12H,3-4,13-14H2,1-2H3;5-11H,4H2,1-3H3/b28-22+;;;. The summed E-state index contributed by atoms with van der Waals surface area (Å²) in [5, 5.41) is 13.4. The van der Waals surface area contributed by atoms with Crippen molar-refractivity contribution in [3.8, 4) is 34.5 Å². The molecular weight excluding hydrogens is 1250 g/mol. The van der Waals surface area contributed by atoms with Crippen LogP contribution >= 0.6 is 0 Å². The van der Waals surface area contributed by atoms with Crippen LogP contribution in [-0.4, -0.2) is 64.1 Å². The first-order valence-electron chi connectivity index (χ1n) is 35.4. The van der Waals surface area contributed by atoms with E-state index >= 15 is 0 Å². The van der Waals surface area contributed by atoms with Gasteiger partial charge in [0.25, 0.3) is 5.91 Å². The average molecular weight is 1340 g/mol. The maximum absolute atomic E-state index is 12.8. The predicted molar refractivity (Wildman–Crippen MR) is 417 cm³/mol. The number of carbonyl (C=O) groups excluding carboxylic acids is 2. The lowest BCUT2D eigenvalue weighted by atomic mass is 9.98. The number of imide groups is 1. The average Bonchev–Trinajstić information content (AvgIpc) is 1.04. The molecule has 14 rings (SSSR count). The summed E-state index contributed by atoms with van der Waals surface area (Å²) in [5.74, 6) is 5.37. The van der Waals surface area contributed by atoms with Gasteiger partial charge < -0.3 is 38.1 Å². The number of para-hydroxylation sites is 2. The van der Waals surface area contributed by atoms with Gasteiger partial charge in [-0.05, 0) is 104 Å². The smallest absolute Gasteiger partial charge is 0.422 e. The third kappa shape index (κ3) is 16.7. The molecule has 11 nitrogen and oxygen atoms in total. The first-order valence-corrected chi connectivity index (χ1v) is 35.4. The van der Waals surface area contributed by atoms with Crippen LogP contribution < -0.4 is 33.3 Å². The predicted octanol–water partition coefficient (Wildman–Crippen LogP) is 23.2. The van der Waals surface area contributed by atoms with E-state index in [1.807, 2.05) is 103 Å². The third-order valence-electron chi connectivity index (χ3n) is 17.7. The van der Waals surface area contributed by atoms with Gasteiger partial charge in [-0.1, -0.05) is 260 Å². The van der Waals surface area contributed by atoms with Crippen molar-refractivity contribution >= 4 is 99.8 Å². The summed E-state index contributed by atoms with van der Waals surface area (Å²) < 4.78 is 41.2. The van der Waals surface area contributed by atoms with Crippen LogP contribution in [0, 0.1) is 0 Å². The number of methoxy groups -OCH3 is 2. The number of aryl methyl sites for hydroxylation is 1. The van der Waals surface area contributed by atoms with Gasteiger partial charge in [-0.2, -0.15) is 0 Å². The Kier molecular flexibility index (Phi) is 24.9. The summed E-state index contributed by atoms with van der Waals surface area (Å²) in [6, 6.07) is 86.0. The third-order valence-corrected chi connectivity index (χ3v) is 17.7. The van der Waals surface area contributed by atoms with Crippen LogP contribution in [0.1, 0.15) is 89.8 Å². The van der Waals surface area contributed by atoms with Crippen LogP contribution in [-0.2, 0) is 22.4 Å². The van der Waals surface area contributed by atoms with E-state index in [-0.39, 0.29) is 12.3 Å². The Morgan fingerprint density at radius 1 is 0.356 bits per heavy atom. The number of unbranched alkanes of at least 4 members (excludes halogenated alkanes) is 2. The lowest BCUT2D eigenvalue weighted by Crippen LogP contribution is -2.30. The van der Waals surface area contributed by atoms with E-state index in [0.29, 0.717) is 6.42 Å². The lowest BCUT2D eigenvalue weighted by molar-refractivity contribution is -0.123. The quantitative estimate of drug-likeness (QED) is 0.0330. The van der Waals surface area contributed by atoms with Crippen molar-refractivity contribution in [1.82, 2.24) is 4.90 Å². The molecule has 2 amide bonds. The van der Waals surface area contributed by atoms with Crippen molar-refractivity contribution in [2.45, 2.75) is 86.0 Å². The largest absolute Gasteiger partial charge is 0.495 e. The Bertz CT molecular complexity index is 4640. The van der Waals surface area contributed by atoms with Crippen molar-refractivity contribution in [3.05, 3.63) is 277 Å². The molecule has 1 fully saturated rings. The summed E-state index contributed by atoms with van der Waals surface area (Å²) in [5.41, 5.74) is 6.19. The molecule has 0 aromatic heterocycles. The van der Waals surface area contributed by atoms with Crippen LogP contribution in [0.3, 0.4) is 0 Å². The van der Waals surface area contributed by atoms with Gasteiger partial charge in [0.05, 0.1) is 40.6 Å². The minimum atomic E-state index is -0.631. The molecule has 514 valence electrons. The van der Waals surface area contributed by atoms with Gasteiger partial charge in [0.2, 0.25) is 0 Å². The molecule has 101 heavy (non-hydrogen) atoms. The van der Waals surface area contributed by atoms with E-state index in [9.17, 15) is 9.59 Å². The number of nitrogens with zero attached hydrogens (tertiary/aromatic N) is 2. The minimum absolute atomic E-state index is 0.0405. The highest BCUT2D eigenvalue weighted by Crippen LogP contribution is 2.46. The normalized spacial score (nSPS) is 12.1. The number of fused-ring (bicyclic) bond motifs is 6. The molecule has 0 bridgehead atoms. The summed E-state index contributed by atoms with van der Waals surface area (Å²) in [6.07, 6.45) is 8.96. The summed E-state index contributed by atoms with van der Waals surface area (Å²) in [6.45, 7) is 14.0. The fourth-order valence-electron chi connectivity index (χ4n) is 12.6. The first-order chi connectivity index (χ1) is 49.7. The van der Waals surface area contributed by atoms with Crippen molar-refractivity contribution in [2.75, 3.05) is 52.1 Å². The number of carbonyl (C=O) groups is 2. The summed E-state index contributed by atoms with van der Waals surface area (Å²) in [7, 11) is 3.45. The van der Waals surface area contributed by atoms with E-state index < -0.39 is 12.0 Å². The minimum Gasteiger partial charge on any atom is -0.495 e. The van der Waals surface area contributed by atoms with Crippen LogP contribution in [0.2, 0.25) is 0 Å². The lowest BCUT2D eigenvalue weighted by Gasteiger charge is -2.25. The number of benzene rings is 13. The van der Waals surface area contributed by atoms with Gasteiger partial charge >= 0.3 is 6.09 Å². The van der Waals surface area contributed by atoms with E-state index in [4.69, 9.17) is 33.2 Å². The highest BCUT2D eigenvalue weighted by atomic mass is 16.6. The second-order valence-electron chi connectivity index (χ2n) is 24.6. The molecule has 1 aliphatic rings. The Balaban J connectivity index is 0.000000139. The molecule has 11 heteroatoms. The van der Waals surface area contributed by atoms with Crippen molar-refractivity contribution < 1.29 is 42.7 Å². The molecule has 0 aliphatic carbocycles. The molecular formula is C90H90N2O9. The van der Waals surface area contributed by atoms with Gasteiger partial charge in [0, 0.05) is 88.2 Å². The Labute approximate surface area is 594 Å². The van der Waals surface area contributed by atoms with Crippen molar-refractivity contribution in [1.29, 1.82) is 0 Å². The Morgan fingerprint density at radius 3 is 1.08 bits per heavy atom. The Morgan fingerprint density at radius 2 is 0.703 bits per heavy atom. The van der Waals surface area contributed by atoms with E-state index in [0.717, 1.165) is 204 Å². The zero-order valence-corrected chi connectivity index (χ0v) is 59.1. The molecule has 13 aromatic rings. The number of ether oxygens (including phenoxy) is 7. The maximum Gasteiger partial charge on any atom is 0.422 e. The topological polar surface area (TPSA) is 105 Å². The van der Waals surface area contributed by atoms with Gasteiger partial charge in [-0.3, -0.25) is 4.79 Å². The highest BCUT2D eigenvalue weighted by molar-refractivity contribution is 6.14. The molecule has 0 atom stereocenters. The molecule has 0 radical (unpaired) electrons. The molecule has 13 aromatic carbocycles. The number of rotatable bonds is 24. The number of amides is 2. The Hall–Kier alpha value is -11.3. The summed E-state index contributed by atoms with van der Waals surface area (Å²) >= 11 is 0. The zero-order chi connectivity index (χ0) is 70.3. The fourth-order valence-corrected chi connectivity index (χ4v) is 12.6. The first kappa shape index (κ1) is 71.0. The molecule has 1 saturated heterocycles. The molecule has 0 spiro atoms. The number of anilines is 3. The van der Waals surface area contributed by atoms with E-state index in [1.165, 1.54) is 5.56 Å². The molecule has 0 N–H and O–H groups in total. The van der Waals surface area contributed by atoms with Gasteiger partial charge in [0.15, 0.2) is 5.76 Å². The van der Waals surface area contributed by atoms with Crippen LogP contribution in [0.5, 0.6) is 34.5 Å². The van der Waals surface area contributed by atoms with Crippen molar-refractivity contribution in [2.24, 2.45) is 0 Å². The number of hydrogen-bond donors (Lipinski definition) is 0. The fraction of sp³-hybridized carbons (Fsp3) is 0.222. The van der Waals surface area contributed by atoms with Crippen molar-refractivity contribution in [3.63, 3.8) is 0 Å². The van der Waals surface area contributed by atoms with Crippen LogP contribution in [0.4, 0.5) is 21.9 Å².